The molecule has 0 aromatic carbocycles. The lowest BCUT2D eigenvalue weighted by atomic mass is 10.4. The Bertz CT molecular complexity index is 147. The van der Waals surface area contributed by atoms with Crippen LogP contribution in [0.4, 0.5) is 0 Å². The van der Waals surface area contributed by atoms with Gasteiger partial charge in [0.1, 0.15) is 0 Å². The van der Waals surface area contributed by atoms with Crippen molar-refractivity contribution in [3.8, 4) is 0 Å². The first-order valence-electron chi connectivity index (χ1n) is 2.60. The van der Waals surface area contributed by atoms with Gasteiger partial charge in [-0.25, -0.2) is 0 Å². The molecule has 2 nitrogen and oxygen atoms in total. The topological polar surface area (TPSA) is 37.3 Å². The molecule has 0 aromatic rings. The number of alkyl halides is 2. The molecule has 1 aliphatic rings. The van der Waals surface area contributed by atoms with Gasteiger partial charge < -0.3 is 4.89 Å². The minimum absolute atomic E-state index is 0.174. The number of rotatable bonds is 0. The first-order chi connectivity index (χ1) is 4.01. The molecule has 0 radical (unpaired) electrons. The molecular weight excluding hydrogens is 271 g/mol. The molecule has 0 aromatic heterocycles. The molecule has 0 amide bonds. The van der Waals surface area contributed by atoms with Crippen LogP contribution in [0.1, 0.15) is 0 Å². The number of halogens is 2. The monoisotopic (exact) mass is 276 g/mol. The summed E-state index contributed by atoms with van der Waals surface area (Å²) in [7, 11) is -2.75. The van der Waals surface area contributed by atoms with E-state index in [0.29, 0.717) is 12.3 Å². The Hall–Kier alpha value is 1.15. The van der Waals surface area contributed by atoms with E-state index in [1.54, 1.807) is 0 Å². The molecule has 1 rings (SSSR count). The molecule has 1 saturated heterocycles. The second-order valence-corrected chi connectivity index (χ2v) is 7.02. The summed E-state index contributed by atoms with van der Waals surface area (Å²) in [4.78, 5) is 9.38. The van der Waals surface area contributed by atoms with Crippen LogP contribution in [0.25, 0.3) is 0 Å². The van der Waals surface area contributed by atoms with Crippen molar-refractivity contribution >= 4 is 39.2 Å². The Morgan fingerprint density at radius 3 is 1.78 bits per heavy atom. The van der Waals surface area contributed by atoms with Crippen molar-refractivity contribution in [3.05, 3.63) is 0 Å². The van der Waals surface area contributed by atoms with Crippen LogP contribution in [0.5, 0.6) is 0 Å². The van der Waals surface area contributed by atoms with Gasteiger partial charge in [-0.15, -0.1) is 0 Å². The SMILES string of the molecule is O=P1(O)C[C@H](Br)[C@@H](Br)C1. The zero-order chi connectivity index (χ0) is 7.07. The van der Waals surface area contributed by atoms with Crippen molar-refractivity contribution in [1.29, 1.82) is 0 Å². The minimum Gasteiger partial charge on any atom is -0.344 e. The van der Waals surface area contributed by atoms with Crippen molar-refractivity contribution < 1.29 is 9.46 Å². The van der Waals surface area contributed by atoms with E-state index in [1.807, 2.05) is 0 Å². The lowest BCUT2D eigenvalue weighted by Gasteiger charge is -1.98. The second-order valence-electron chi connectivity index (χ2n) is 2.24. The van der Waals surface area contributed by atoms with Crippen molar-refractivity contribution in [2.75, 3.05) is 12.3 Å². The first-order valence-corrected chi connectivity index (χ1v) is 6.46. The standard InChI is InChI=1S/C4H7Br2O2P/c5-3-1-9(7,8)2-4(3)6/h3-4H,1-2H2,(H,7,8)/t3-,4-/m0/s1. The molecule has 1 N–H and O–H groups in total. The van der Waals surface area contributed by atoms with Crippen LogP contribution in [0.15, 0.2) is 0 Å². The molecule has 1 heterocycles. The van der Waals surface area contributed by atoms with Gasteiger partial charge in [0, 0.05) is 22.0 Å². The summed E-state index contributed by atoms with van der Waals surface area (Å²) in [5, 5.41) is 0. The van der Waals surface area contributed by atoms with Gasteiger partial charge in [-0.3, -0.25) is 4.57 Å². The van der Waals surface area contributed by atoms with E-state index < -0.39 is 7.37 Å². The van der Waals surface area contributed by atoms with Gasteiger partial charge in [0.2, 0.25) is 7.37 Å². The summed E-state index contributed by atoms with van der Waals surface area (Å²) in [5.74, 6) is 0. The fourth-order valence-corrected chi connectivity index (χ4v) is 6.26. The summed E-state index contributed by atoms with van der Waals surface area (Å²) < 4.78 is 10.9. The van der Waals surface area contributed by atoms with Crippen molar-refractivity contribution in [2.24, 2.45) is 0 Å². The molecule has 54 valence electrons. The fraction of sp³-hybridized carbons (Fsp3) is 1.00. The number of hydrogen-bond acceptors (Lipinski definition) is 1. The third kappa shape index (κ3) is 2.04. The quantitative estimate of drug-likeness (QED) is 0.542. The smallest absolute Gasteiger partial charge is 0.202 e. The van der Waals surface area contributed by atoms with Crippen molar-refractivity contribution in [3.63, 3.8) is 0 Å². The maximum atomic E-state index is 10.9. The summed E-state index contributed by atoms with van der Waals surface area (Å²) in [6, 6.07) is 0. The zero-order valence-electron chi connectivity index (χ0n) is 4.63. The van der Waals surface area contributed by atoms with E-state index in [4.69, 9.17) is 4.89 Å². The lowest BCUT2D eigenvalue weighted by Crippen LogP contribution is -2.08. The zero-order valence-corrected chi connectivity index (χ0v) is 8.69. The van der Waals surface area contributed by atoms with Gasteiger partial charge in [-0.1, -0.05) is 31.9 Å². The van der Waals surface area contributed by atoms with Crippen LogP contribution < -0.4 is 0 Å². The van der Waals surface area contributed by atoms with Crippen molar-refractivity contribution in [2.45, 2.75) is 9.65 Å². The Labute approximate surface area is 70.7 Å². The highest BCUT2D eigenvalue weighted by molar-refractivity contribution is 9.12. The molecule has 0 bridgehead atoms. The maximum absolute atomic E-state index is 10.9. The van der Waals surface area contributed by atoms with E-state index in [1.165, 1.54) is 0 Å². The van der Waals surface area contributed by atoms with Gasteiger partial charge >= 0.3 is 0 Å². The van der Waals surface area contributed by atoms with Crippen LogP contribution >= 0.6 is 39.2 Å². The normalized spacial score (nSPS) is 41.2. The summed E-state index contributed by atoms with van der Waals surface area (Å²) in [6.45, 7) is 0. The lowest BCUT2D eigenvalue weighted by molar-refractivity contribution is 0.485. The molecule has 0 saturated carbocycles. The number of hydrogen-bond donors (Lipinski definition) is 1. The van der Waals surface area contributed by atoms with E-state index in [-0.39, 0.29) is 9.65 Å². The summed E-state index contributed by atoms with van der Waals surface area (Å²) >= 11 is 6.60. The highest BCUT2D eigenvalue weighted by atomic mass is 79.9. The highest BCUT2D eigenvalue weighted by Gasteiger charge is 2.37. The minimum atomic E-state index is -2.75. The Kier molecular flexibility index (Phi) is 2.43. The molecule has 1 fully saturated rings. The van der Waals surface area contributed by atoms with Crippen molar-refractivity contribution in [1.82, 2.24) is 0 Å². The maximum Gasteiger partial charge on any atom is 0.202 e. The van der Waals surface area contributed by atoms with Crippen LogP contribution in [0.2, 0.25) is 0 Å². The predicted molar refractivity (Wildman–Crippen MR) is 45.0 cm³/mol. The predicted octanol–water partition coefficient (Wildman–Crippen LogP) is 1.80. The van der Waals surface area contributed by atoms with Gasteiger partial charge in [-0.05, 0) is 0 Å². The van der Waals surface area contributed by atoms with E-state index in [2.05, 4.69) is 31.9 Å². The average Bonchev–Trinajstić information content (AvgIpc) is 1.79. The molecule has 0 spiro atoms. The molecule has 9 heavy (non-hydrogen) atoms. The Morgan fingerprint density at radius 2 is 1.67 bits per heavy atom. The fourth-order valence-electron chi connectivity index (χ4n) is 0.848. The van der Waals surface area contributed by atoms with Gasteiger partial charge in [0.25, 0.3) is 0 Å². The first kappa shape index (κ1) is 8.25. The Morgan fingerprint density at radius 1 is 1.33 bits per heavy atom. The van der Waals surface area contributed by atoms with E-state index in [0.717, 1.165) is 0 Å². The van der Waals surface area contributed by atoms with E-state index >= 15 is 0 Å². The third-order valence-corrected chi connectivity index (χ3v) is 6.87. The Balaban J connectivity index is 2.65. The molecule has 5 heteroatoms. The average molecular weight is 278 g/mol. The third-order valence-electron chi connectivity index (χ3n) is 1.31. The summed E-state index contributed by atoms with van der Waals surface area (Å²) in [6.07, 6.45) is 0.811. The summed E-state index contributed by atoms with van der Waals surface area (Å²) in [5.41, 5.74) is 0. The molecule has 0 aliphatic carbocycles. The van der Waals surface area contributed by atoms with Gasteiger partial charge in [0.05, 0.1) is 0 Å². The van der Waals surface area contributed by atoms with Gasteiger partial charge in [-0.2, -0.15) is 0 Å². The van der Waals surface area contributed by atoms with Crippen LogP contribution in [0.3, 0.4) is 0 Å². The molecule has 0 unspecified atom stereocenters. The molecule has 1 aliphatic heterocycles. The van der Waals surface area contributed by atoms with Gasteiger partial charge in [0.15, 0.2) is 0 Å². The van der Waals surface area contributed by atoms with Crippen LogP contribution in [-0.2, 0) is 4.57 Å². The second kappa shape index (κ2) is 2.65. The molecular formula is C4H7Br2O2P. The van der Waals surface area contributed by atoms with Crippen LogP contribution in [0, 0.1) is 0 Å². The molecule has 2 atom stereocenters. The highest BCUT2D eigenvalue weighted by Crippen LogP contribution is 2.51. The van der Waals surface area contributed by atoms with E-state index in [9.17, 15) is 4.57 Å². The largest absolute Gasteiger partial charge is 0.344 e. The van der Waals surface area contributed by atoms with Crippen LogP contribution in [-0.4, -0.2) is 26.9 Å².